The van der Waals surface area contributed by atoms with E-state index in [-0.39, 0.29) is 0 Å². The third-order valence-electron chi connectivity index (χ3n) is 2.46. The molecule has 11 heteroatoms. The molecule has 0 saturated heterocycles. The lowest BCUT2D eigenvalue weighted by Gasteiger charge is -2.36. The third kappa shape index (κ3) is 3.41. The monoisotopic (exact) mass is 367 g/mol. The van der Waals surface area contributed by atoms with Crippen molar-refractivity contribution in [1.82, 2.24) is 0 Å². The number of halogens is 10. The van der Waals surface area contributed by atoms with Gasteiger partial charge in [0.1, 0.15) is 0 Å². The van der Waals surface area contributed by atoms with Crippen LogP contribution >= 0.6 is 22.2 Å². The van der Waals surface area contributed by atoms with E-state index in [1.807, 2.05) is 0 Å². The van der Waals surface area contributed by atoms with Crippen LogP contribution in [0.3, 0.4) is 0 Å². The minimum Gasteiger partial charge on any atom is -0.200 e. The first-order valence-corrected chi connectivity index (χ1v) is 8.57. The molecule has 0 N–H and O–H groups in total. The normalized spacial score (nSPS) is 16.4. The van der Waals surface area contributed by atoms with Crippen LogP contribution in [0.1, 0.15) is 13.3 Å². The van der Waals surface area contributed by atoms with Gasteiger partial charge < -0.3 is 0 Å². The first kappa shape index (κ1) is 20.0. The quantitative estimate of drug-likeness (QED) is 0.242. The number of alkyl halides is 8. The Morgan fingerprint density at radius 3 is 1.70 bits per heavy atom. The van der Waals surface area contributed by atoms with E-state index in [1.165, 1.54) is 0 Å². The summed E-state index contributed by atoms with van der Waals surface area (Å²) in [6, 6.07) is 0. The summed E-state index contributed by atoms with van der Waals surface area (Å²) in [5.41, 5.74) is -1.42. The molecule has 1 atom stereocenters. The predicted molar refractivity (Wildman–Crippen MR) is 61.5 cm³/mol. The SMILES string of the molecule is C=CC(F)(F)C(F)(F)C(F)(F)C(F)(F)CC(C)[Si](Cl)Cl. The van der Waals surface area contributed by atoms with Crippen LogP contribution in [0.4, 0.5) is 35.1 Å². The second kappa shape index (κ2) is 6.00. The fourth-order valence-corrected chi connectivity index (χ4v) is 2.03. The maximum Gasteiger partial charge on any atom is 0.381 e. The second-order valence-corrected chi connectivity index (χ2v) is 8.66. The molecule has 0 bridgehead atoms. The molecule has 0 aliphatic heterocycles. The Bertz CT molecular complexity index is 358. The molecule has 0 nitrogen and oxygen atoms in total. The Morgan fingerprint density at radius 1 is 1.00 bits per heavy atom. The molecule has 0 heterocycles. The van der Waals surface area contributed by atoms with Crippen molar-refractivity contribution < 1.29 is 35.1 Å². The van der Waals surface area contributed by atoms with Gasteiger partial charge in [0.2, 0.25) is 0 Å². The predicted octanol–water partition coefficient (Wildman–Crippen LogP) is 5.46. The van der Waals surface area contributed by atoms with Crippen LogP contribution in [0.2, 0.25) is 5.54 Å². The first-order valence-electron chi connectivity index (χ1n) is 4.96. The lowest BCUT2D eigenvalue weighted by atomic mass is 9.95. The zero-order valence-electron chi connectivity index (χ0n) is 9.85. The molecule has 0 aromatic heterocycles. The van der Waals surface area contributed by atoms with Crippen molar-refractivity contribution in [2.45, 2.75) is 42.6 Å². The molecule has 0 aromatic rings. The van der Waals surface area contributed by atoms with Gasteiger partial charge in [-0.1, -0.05) is 13.5 Å². The highest BCUT2D eigenvalue weighted by Crippen LogP contribution is 2.55. The molecule has 0 amide bonds. The molecule has 119 valence electrons. The number of allylic oxidation sites excluding steroid dienone is 1. The lowest BCUT2D eigenvalue weighted by Crippen LogP contribution is -2.61. The van der Waals surface area contributed by atoms with Crippen LogP contribution in [-0.2, 0) is 0 Å². The first-order chi connectivity index (χ1) is 8.64. The second-order valence-electron chi connectivity index (χ2n) is 4.08. The van der Waals surface area contributed by atoms with E-state index in [0.29, 0.717) is 0 Å². The molecular formula is C9H9Cl2F8Si. The summed E-state index contributed by atoms with van der Waals surface area (Å²) in [6.45, 7) is 3.17. The maximum atomic E-state index is 13.3. The molecular weight excluding hydrogens is 359 g/mol. The summed E-state index contributed by atoms with van der Waals surface area (Å²) < 4.78 is 104. The molecule has 0 aliphatic carbocycles. The average molecular weight is 368 g/mol. The standard InChI is InChI=1S/C9H9Cl2F8Si/c1-3-6(12,13)8(16,17)9(18,19)7(14,15)4-5(2)20(10)11/h3,5H,1,4H2,2H3. The highest BCUT2D eigenvalue weighted by Gasteiger charge is 2.79. The van der Waals surface area contributed by atoms with Gasteiger partial charge in [0.05, 0.1) is 0 Å². The summed E-state index contributed by atoms with van der Waals surface area (Å²) in [4.78, 5) is 0. The molecule has 0 aliphatic rings. The van der Waals surface area contributed by atoms with Crippen molar-refractivity contribution >= 4 is 29.6 Å². The van der Waals surface area contributed by atoms with Gasteiger partial charge in [0, 0.05) is 6.42 Å². The Kier molecular flexibility index (Phi) is 5.99. The number of hydrogen-bond acceptors (Lipinski definition) is 0. The van der Waals surface area contributed by atoms with Crippen molar-refractivity contribution in [2.75, 3.05) is 0 Å². The van der Waals surface area contributed by atoms with Crippen LogP contribution < -0.4 is 0 Å². The average Bonchev–Trinajstić information content (AvgIpc) is 2.27. The molecule has 0 spiro atoms. The van der Waals surface area contributed by atoms with E-state index in [2.05, 4.69) is 6.58 Å². The zero-order chi connectivity index (χ0) is 16.6. The number of rotatable bonds is 7. The Morgan fingerprint density at radius 2 is 1.40 bits per heavy atom. The van der Waals surface area contributed by atoms with Crippen LogP contribution in [0.25, 0.3) is 0 Å². The minimum absolute atomic E-state index is 0.807. The van der Waals surface area contributed by atoms with Gasteiger partial charge in [0.25, 0.3) is 7.42 Å². The smallest absolute Gasteiger partial charge is 0.200 e. The van der Waals surface area contributed by atoms with E-state index in [9.17, 15) is 35.1 Å². The lowest BCUT2D eigenvalue weighted by molar-refractivity contribution is -0.356. The highest BCUT2D eigenvalue weighted by atomic mass is 35.7. The minimum atomic E-state index is -6.31. The highest BCUT2D eigenvalue weighted by molar-refractivity contribution is 7.34. The van der Waals surface area contributed by atoms with Gasteiger partial charge in [-0.2, -0.15) is 35.1 Å². The van der Waals surface area contributed by atoms with Crippen LogP contribution in [0.5, 0.6) is 0 Å². The fourth-order valence-electron chi connectivity index (χ4n) is 1.16. The van der Waals surface area contributed by atoms with Gasteiger partial charge in [-0.05, 0) is 11.6 Å². The topological polar surface area (TPSA) is 0 Å². The van der Waals surface area contributed by atoms with E-state index >= 15 is 0 Å². The molecule has 0 rings (SSSR count). The van der Waals surface area contributed by atoms with E-state index in [4.69, 9.17) is 22.2 Å². The van der Waals surface area contributed by atoms with Crippen molar-refractivity contribution in [3.63, 3.8) is 0 Å². The van der Waals surface area contributed by atoms with Crippen LogP contribution in [0, 0.1) is 0 Å². The Labute approximate surface area is 120 Å². The fraction of sp³-hybridized carbons (Fsp3) is 0.778. The summed E-state index contributed by atoms with van der Waals surface area (Å²) in [5, 5.41) is 0. The van der Waals surface area contributed by atoms with Gasteiger partial charge >= 0.3 is 23.7 Å². The molecule has 0 saturated carbocycles. The number of hydrogen-bond donors (Lipinski definition) is 0. The van der Waals surface area contributed by atoms with Gasteiger partial charge in [-0.25, -0.2) is 0 Å². The van der Waals surface area contributed by atoms with Crippen molar-refractivity contribution in [3.05, 3.63) is 12.7 Å². The Hall–Kier alpha value is -0.0231. The molecule has 1 unspecified atom stereocenters. The zero-order valence-corrected chi connectivity index (χ0v) is 12.4. The summed E-state index contributed by atoms with van der Waals surface area (Å²) in [5.74, 6) is -23.5. The largest absolute Gasteiger partial charge is 0.381 e. The summed E-state index contributed by atoms with van der Waals surface area (Å²) >= 11 is 10.5. The summed E-state index contributed by atoms with van der Waals surface area (Å²) in [6.07, 6.45) is -2.65. The molecule has 0 aromatic carbocycles. The van der Waals surface area contributed by atoms with Gasteiger partial charge in [-0.3, -0.25) is 0 Å². The summed E-state index contributed by atoms with van der Waals surface area (Å²) in [7, 11) is -2.51. The van der Waals surface area contributed by atoms with Gasteiger partial charge in [0.15, 0.2) is 0 Å². The molecule has 20 heavy (non-hydrogen) atoms. The van der Waals surface area contributed by atoms with E-state index < -0.39 is 49.1 Å². The van der Waals surface area contributed by atoms with Crippen LogP contribution in [-0.4, -0.2) is 31.1 Å². The van der Waals surface area contributed by atoms with E-state index in [1.54, 1.807) is 0 Å². The maximum absolute atomic E-state index is 13.3. The third-order valence-corrected chi connectivity index (χ3v) is 5.65. The van der Waals surface area contributed by atoms with Crippen molar-refractivity contribution in [2.24, 2.45) is 0 Å². The van der Waals surface area contributed by atoms with Crippen molar-refractivity contribution in [3.8, 4) is 0 Å². The molecule has 1 radical (unpaired) electrons. The van der Waals surface area contributed by atoms with Crippen LogP contribution in [0.15, 0.2) is 12.7 Å². The molecule has 0 fully saturated rings. The van der Waals surface area contributed by atoms with Gasteiger partial charge in [-0.15, -0.1) is 22.2 Å². The van der Waals surface area contributed by atoms with E-state index in [0.717, 1.165) is 6.92 Å². The van der Waals surface area contributed by atoms with Crippen molar-refractivity contribution in [1.29, 1.82) is 0 Å². The Balaban J connectivity index is 5.55.